The lowest BCUT2D eigenvalue weighted by Gasteiger charge is -2.34. The van der Waals surface area contributed by atoms with Gasteiger partial charge in [0, 0.05) is 24.0 Å². The Labute approximate surface area is 118 Å². The van der Waals surface area contributed by atoms with Crippen LogP contribution in [0.5, 0.6) is 0 Å². The Bertz CT molecular complexity index is 432. The number of amides is 1. The molecule has 1 saturated carbocycles. The predicted molar refractivity (Wildman–Crippen MR) is 75.0 cm³/mol. The van der Waals surface area contributed by atoms with E-state index in [9.17, 15) is 9.18 Å². The average molecular weight is 284 g/mol. The number of carbonyl (C=O) groups excluding carboxylic acids is 1. The molecule has 0 spiro atoms. The Kier molecular flexibility index (Phi) is 5.20. The number of carbonyl (C=O) groups is 1. The maximum absolute atomic E-state index is 13.2. The maximum atomic E-state index is 13.2. The number of rotatable bonds is 4. The second-order valence-electron chi connectivity index (χ2n) is 4.99. The maximum Gasteiger partial charge on any atom is 0.254 e. The van der Waals surface area contributed by atoms with Crippen LogP contribution in [0.3, 0.4) is 0 Å². The van der Waals surface area contributed by atoms with Gasteiger partial charge in [-0.1, -0.05) is 25.3 Å². The molecule has 0 saturated heterocycles. The quantitative estimate of drug-likeness (QED) is 0.769. The van der Waals surface area contributed by atoms with Crippen molar-refractivity contribution in [3.63, 3.8) is 0 Å². The average Bonchev–Trinajstić information content (AvgIpc) is 2.45. The van der Waals surface area contributed by atoms with E-state index in [0.717, 1.165) is 25.7 Å². The third-order valence-corrected chi connectivity index (χ3v) is 3.84. The Hall–Kier alpha value is -1.09. The van der Waals surface area contributed by atoms with Gasteiger partial charge in [-0.2, -0.15) is 0 Å². The van der Waals surface area contributed by atoms with Gasteiger partial charge in [0.2, 0.25) is 0 Å². The second kappa shape index (κ2) is 6.90. The van der Waals surface area contributed by atoms with E-state index in [4.69, 9.17) is 11.6 Å². The van der Waals surface area contributed by atoms with Crippen LogP contribution in [0.1, 0.15) is 42.5 Å². The minimum atomic E-state index is -0.375. The number of halogens is 2. The highest BCUT2D eigenvalue weighted by Crippen LogP contribution is 2.24. The molecule has 0 unspecified atom stereocenters. The molecule has 0 radical (unpaired) electrons. The van der Waals surface area contributed by atoms with Crippen molar-refractivity contribution in [1.29, 1.82) is 0 Å². The van der Waals surface area contributed by atoms with Crippen molar-refractivity contribution in [2.45, 2.75) is 38.1 Å². The van der Waals surface area contributed by atoms with Gasteiger partial charge in [0.1, 0.15) is 5.82 Å². The summed E-state index contributed by atoms with van der Waals surface area (Å²) in [6.45, 7) is 0.529. The highest BCUT2D eigenvalue weighted by molar-refractivity contribution is 6.18. The molecule has 1 aliphatic carbocycles. The highest BCUT2D eigenvalue weighted by atomic mass is 35.5. The molecule has 2 rings (SSSR count). The molecule has 0 heterocycles. The molecule has 1 aromatic carbocycles. The third-order valence-electron chi connectivity index (χ3n) is 3.67. The molecule has 4 heteroatoms. The van der Waals surface area contributed by atoms with Crippen LogP contribution in [0, 0.1) is 5.82 Å². The summed E-state index contributed by atoms with van der Waals surface area (Å²) in [4.78, 5) is 14.3. The Morgan fingerprint density at radius 3 is 2.68 bits per heavy atom. The van der Waals surface area contributed by atoms with Crippen molar-refractivity contribution < 1.29 is 9.18 Å². The molecule has 0 bridgehead atoms. The van der Waals surface area contributed by atoms with Crippen molar-refractivity contribution >= 4 is 17.5 Å². The third kappa shape index (κ3) is 3.69. The molecular formula is C15H19ClFNO. The first kappa shape index (κ1) is 14.3. The number of hydrogen-bond donors (Lipinski definition) is 0. The van der Waals surface area contributed by atoms with Crippen LogP contribution in [-0.4, -0.2) is 29.3 Å². The molecular weight excluding hydrogens is 265 g/mol. The van der Waals surface area contributed by atoms with Crippen LogP contribution in [0.15, 0.2) is 24.3 Å². The normalized spacial score (nSPS) is 16.3. The van der Waals surface area contributed by atoms with Gasteiger partial charge in [0.15, 0.2) is 0 Å². The van der Waals surface area contributed by atoms with Crippen LogP contribution in [0.2, 0.25) is 0 Å². The zero-order chi connectivity index (χ0) is 13.7. The van der Waals surface area contributed by atoms with Crippen LogP contribution >= 0.6 is 11.6 Å². The van der Waals surface area contributed by atoms with Crippen molar-refractivity contribution in [1.82, 2.24) is 4.90 Å². The topological polar surface area (TPSA) is 20.3 Å². The largest absolute Gasteiger partial charge is 0.334 e. The van der Waals surface area contributed by atoms with Crippen molar-refractivity contribution in [3.05, 3.63) is 35.6 Å². The van der Waals surface area contributed by atoms with Gasteiger partial charge in [-0.05, 0) is 31.0 Å². The monoisotopic (exact) mass is 283 g/mol. The zero-order valence-electron chi connectivity index (χ0n) is 10.9. The fourth-order valence-electron chi connectivity index (χ4n) is 2.72. The van der Waals surface area contributed by atoms with Gasteiger partial charge < -0.3 is 4.90 Å². The van der Waals surface area contributed by atoms with Crippen LogP contribution < -0.4 is 0 Å². The summed E-state index contributed by atoms with van der Waals surface area (Å²) in [6, 6.07) is 6.14. The summed E-state index contributed by atoms with van der Waals surface area (Å²) in [5.74, 6) is -0.0650. The Balaban J connectivity index is 2.15. The van der Waals surface area contributed by atoms with E-state index >= 15 is 0 Å². The summed E-state index contributed by atoms with van der Waals surface area (Å²) < 4.78 is 13.2. The molecule has 104 valence electrons. The van der Waals surface area contributed by atoms with E-state index in [2.05, 4.69) is 0 Å². The minimum absolute atomic E-state index is 0.105. The van der Waals surface area contributed by atoms with E-state index in [-0.39, 0.29) is 17.8 Å². The smallest absolute Gasteiger partial charge is 0.254 e. The summed E-state index contributed by atoms with van der Waals surface area (Å²) in [6.07, 6.45) is 5.59. The van der Waals surface area contributed by atoms with Crippen molar-refractivity contribution in [2.24, 2.45) is 0 Å². The number of benzene rings is 1. The molecule has 1 amide bonds. The zero-order valence-corrected chi connectivity index (χ0v) is 11.7. The molecule has 0 N–H and O–H groups in total. The molecule has 0 atom stereocenters. The van der Waals surface area contributed by atoms with Gasteiger partial charge in [-0.25, -0.2) is 4.39 Å². The lowest BCUT2D eigenvalue weighted by atomic mass is 9.93. The van der Waals surface area contributed by atoms with E-state index in [1.165, 1.54) is 18.6 Å². The summed E-state index contributed by atoms with van der Waals surface area (Å²) >= 11 is 5.81. The van der Waals surface area contributed by atoms with Gasteiger partial charge >= 0.3 is 0 Å². The summed E-state index contributed by atoms with van der Waals surface area (Å²) in [5.41, 5.74) is 0.413. The number of hydrogen-bond acceptors (Lipinski definition) is 1. The van der Waals surface area contributed by atoms with E-state index in [1.54, 1.807) is 12.1 Å². The number of nitrogens with zero attached hydrogens (tertiary/aromatic N) is 1. The fourth-order valence-corrected chi connectivity index (χ4v) is 2.90. The Morgan fingerprint density at radius 2 is 2.05 bits per heavy atom. The van der Waals surface area contributed by atoms with E-state index < -0.39 is 0 Å². The summed E-state index contributed by atoms with van der Waals surface area (Å²) in [7, 11) is 0. The molecule has 1 fully saturated rings. The SMILES string of the molecule is O=C(c1cccc(F)c1)N(CCCl)C1CCCCC1. The fraction of sp³-hybridized carbons (Fsp3) is 0.533. The molecule has 0 aliphatic heterocycles. The van der Waals surface area contributed by atoms with Crippen LogP contribution in [0.25, 0.3) is 0 Å². The molecule has 0 aromatic heterocycles. The van der Waals surface area contributed by atoms with Crippen molar-refractivity contribution in [2.75, 3.05) is 12.4 Å². The number of alkyl halides is 1. The molecule has 1 aromatic rings. The Morgan fingerprint density at radius 1 is 1.32 bits per heavy atom. The van der Waals surface area contributed by atoms with Crippen LogP contribution in [0.4, 0.5) is 4.39 Å². The lowest BCUT2D eigenvalue weighted by Crippen LogP contribution is -2.42. The summed E-state index contributed by atoms with van der Waals surface area (Å²) in [5, 5.41) is 0. The predicted octanol–water partition coefficient (Wildman–Crippen LogP) is 3.84. The second-order valence-corrected chi connectivity index (χ2v) is 5.37. The highest BCUT2D eigenvalue weighted by Gasteiger charge is 2.25. The van der Waals surface area contributed by atoms with Crippen molar-refractivity contribution in [3.8, 4) is 0 Å². The minimum Gasteiger partial charge on any atom is -0.334 e. The van der Waals surface area contributed by atoms with E-state index in [1.807, 2.05) is 4.90 Å². The molecule has 2 nitrogen and oxygen atoms in total. The first-order chi connectivity index (χ1) is 9.22. The standard InChI is InChI=1S/C15H19ClFNO/c16-9-10-18(14-7-2-1-3-8-14)15(19)12-5-4-6-13(17)11-12/h4-6,11,14H,1-3,7-10H2. The van der Waals surface area contributed by atoms with Gasteiger partial charge in [0.05, 0.1) is 0 Å². The van der Waals surface area contributed by atoms with Crippen LogP contribution in [-0.2, 0) is 0 Å². The molecule has 1 aliphatic rings. The molecule has 19 heavy (non-hydrogen) atoms. The van der Waals surface area contributed by atoms with Gasteiger partial charge in [0.25, 0.3) is 5.91 Å². The first-order valence-electron chi connectivity index (χ1n) is 6.85. The van der Waals surface area contributed by atoms with Gasteiger partial charge in [-0.3, -0.25) is 4.79 Å². The first-order valence-corrected chi connectivity index (χ1v) is 7.38. The van der Waals surface area contributed by atoms with Gasteiger partial charge in [-0.15, -0.1) is 11.6 Å². The lowest BCUT2D eigenvalue weighted by molar-refractivity contribution is 0.0649. The van der Waals surface area contributed by atoms with E-state index in [0.29, 0.717) is 18.0 Å².